The fraction of sp³-hybridized carbons (Fsp3) is 0.588. The van der Waals surface area contributed by atoms with Crippen LogP contribution in [0.4, 0.5) is 5.69 Å². The van der Waals surface area contributed by atoms with E-state index in [1.54, 1.807) is 11.8 Å². The van der Waals surface area contributed by atoms with Crippen molar-refractivity contribution in [3.05, 3.63) is 24.3 Å². The summed E-state index contributed by atoms with van der Waals surface area (Å²) >= 11 is 1.63. The molecule has 1 amide bonds. The molecule has 1 heterocycles. The SMILES string of the molecule is CC(C)(C)SCC(=O)Nc1cccc(OCC2CCCO2)c1. The van der Waals surface area contributed by atoms with Gasteiger partial charge in [0.1, 0.15) is 12.4 Å². The van der Waals surface area contributed by atoms with Crippen molar-refractivity contribution in [2.45, 2.75) is 44.5 Å². The van der Waals surface area contributed by atoms with E-state index in [9.17, 15) is 4.79 Å². The average molecular weight is 323 g/mol. The summed E-state index contributed by atoms with van der Waals surface area (Å²) < 4.78 is 11.4. The van der Waals surface area contributed by atoms with E-state index in [1.807, 2.05) is 24.3 Å². The topological polar surface area (TPSA) is 47.6 Å². The van der Waals surface area contributed by atoms with Gasteiger partial charge in [-0.15, -0.1) is 11.8 Å². The summed E-state index contributed by atoms with van der Waals surface area (Å²) in [5, 5.41) is 2.91. The van der Waals surface area contributed by atoms with E-state index < -0.39 is 0 Å². The fourth-order valence-corrected chi connectivity index (χ4v) is 2.74. The maximum Gasteiger partial charge on any atom is 0.234 e. The Kier molecular flexibility index (Phi) is 6.15. The van der Waals surface area contributed by atoms with Crippen molar-refractivity contribution in [2.24, 2.45) is 0 Å². The zero-order valence-electron chi connectivity index (χ0n) is 13.6. The van der Waals surface area contributed by atoms with Crippen molar-refractivity contribution in [1.82, 2.24) is 0 Å². The third-order valence-electron chi connectivity index (χ3n) is 3.21. The number of anilines is 1. The predicted octanol–water partition coefficient (Wildman–Crippen LogP) is 3.71. The summed E-state index contributed by atoms with van der Waals surface area (Å²) in [5.74, 6) is 1.22. The lowest BCUT2D eigenvalue weighted by atomic mass is 10.2. The monoisotopic (exact) mass is 323 g/mol. The van der Waals surface area contributed by atoms with Gasteiger partial charge in [-0.3, -0.25) is 4.79 Å². The van der Waals surface area contributed by atoms with E-state index in [0.29, 0.717) is 12.4 Å². The maximum absolute atomic E-state index is 11.9. The van der Waals surface area contributed by atoms with E-state index in [0.717, 1.165) is 30.9 Å². The van der Waals surface area contributed by atoms with Crippen LogP contribution in [0.2, 0.25) is 0 Å². The Morgan fingerprint density at radius 1 is 1.45 bits per heavy atom. The number of benzene rings is 1. The molecule has 1 N–H and O–H groups in total. The van der Waals surface area contributed by atoms with Crippen molar-refractivity contribution < 1.29 is 14.3 Å². The van der Waals surface area contributed by atoms with Crippen molar-refractivity contribution in [2.75, 3.05) is 24.3 Å². The van der Waals surface area contributed by atoms with Crippen LogP contribution in [-0.4, -0.2) is 35.7 Å². The van der Waals surface area contributed by atoms with Gasteiger partial charge in [0.2, 0.25) is 5.91 Å². The molecule has 5 heteroatoms. The number of ether oxygens (including phenoxy) is 2. The molecule has 1 atom stereocenters. The van der Waals surface area contributed by atoms with E-state index in [-0.39, 0.29) is 16.8 Å². The van der Waals surface area contributed by atoms with E-state index in [2.05, 4.69) is 26.1 Å². The number of hydrogen-bond acceptors (Lipinski definition) is 4. The second-order valence-electron chi connectivity index (χ2n) is 6.42. The Morgan fingerprint density at radius 2 is 2.27 bits per heavy atom. The molecule has 1 unspecified atom stereocenters. The highest BCUT2D eigenvalue weighted by Crippen LogP contribution is 2.24. The number of nitrogens with one attached hydrogen (secondary N) is 1. The molecule has 0 radical (unpaired) electrons. The van der Waals surface area contributed by atoms with E-state index in [1.165, 1.54) is 0 Å². The lowest BCUT2D eigenvalue weighted by molar-refractivity contribution is -0.113. The quantitative estimate of drug-likeness (QED) is 0.867. The van der Waals surface area contributed by atoms with Crippen LogP contribution in [0.3, 0.4) is 0 Å². The number of rotatable bonds is 6. The second-order valence-corrected chi connectivity index (χ2v) is 8.23. The predicted molar refractivity (Wildman–Crippen MR) is 91.8 cm³/mol. The Labute approximate surface area is 137 Å². The van der Waals surface area contributed by atoms with Crippen LogP contribution in [0, 0.1) is 0 Å². The van der Waals surface area contributed by atoms with Crippen LogP contribution in [-0.2, 0) is 9.53 Å². The minimum Gasteiger partial charge on any atom is -0.491 e. The minimum absolute atomic E-state index is 0.0104. The third kappa shape index (κ3) is 6.28. The highest BCUT2D eigenvalue weighted by Gasteiger charge is 2.16. The minimum atomic E-state index is 0.0104. The summed E-state index contributed by atoms with van der Waals surface area (Å²) in [6.07, 6.45) is 2.36. The summed E-state index contributed by atoms with van der Waals surface area (Å²) in [5.41, 5.74) is 0.768. The van der Waals surface area contributed by atoms with Gasteiger partial charge in [0.25, 0.3) is 0 Å². The zero-order chi connectivity index (χ0) is 16.0. The molecule has 1 aromatic rings. The molecule has 0 bridgehead atoms. The summed E-state index contributed by atoms with van der Waals surface area (Å²) in [7, 11) is 0. The van der Waals surface area contributed by atoms with Gasteiger partial charge in [0.15, 0.2) is 0 Å². The molecule has 0 aliphatic carbocycles. The highest BCUT2D eigenvalue weighted by molar-refractivity contribution is 8.01. The van der Waals surface area contributed by atoms with Crippen LogP contribution >= 0.6 is 11.8 Å². The maximum atomic E-state index is 11.9. The fourth-order valence-electron chi connectivity index (χ4n) is 2.11. The Morgan fingerprint density at radius 3 is 2.95 bits per heavy atom. The van der Waals surface area contributed by atoms with Crippen molar-refractivity contribution >= 4 is 23.4 Å². The molecule has 122 valence electrons. The van der Waals surface area contributed by atoms with Gasteiger partial charge >= 0.3 is 0 Å². The first kappa shape index (κ1) is 17.2. The van der Waals surface area contributed by atoms with Crippen LogP contribution in [0.15, 0.2) is 24.3 Å². The highest BCUT2D eigenvalue weighted by atomic mass is 32.2. The Bertz CT molecular complexity index is 493. The second kappa shape index (κ2) is 7.88. The standard InChI is InChI=1S/C17H25NO3S/c1-17(2,3)22-12-16(19)18-13-6-4-7-14(10-13)21-11-15-8-5-9-20-15/h4,6-7,10,15H,5,8-9,11-12H2,1-3H3,(H,18,19). The molecular formula is C17H25NO3S. The van der Waals surface area contributed by atoms with Gasteiger partial charge in [-0.25, -0.2) is 0 Å². The van der Waals surface area contributed by atoms with Crippen molar-refractivity contribution in [1.29, 1.82) is 0 Å². The van der Waals surface area contributed by atoms with Crippen LogP contribution in [0.25, 0.3) is 0 Å². The molecule has 1 aromatic carbocycles. The summed E-state index contributed by atoms with van der Waals surface area (Å²) in [6, 6.07) is 7.51. The van der Waals surface area contributed by atoms with Crippen LogP contribution in [0.5, 0.6) is 5.75 Å². The Balaban J connectivity index is 1.81. The summed E-state index contributed by atoms with van der Waals surface area (Å²) in [6.45, 7) is 7.70. The van der Waals surface area contributed by atoms with Gasteiger partial charge in [0, 0.05) is 23.1 Å². The van der Waals surface area contributed by atoms with Gasteiger partial charge < -0.3 is 14.8 Å². The largest absolute Gasteiger partial charge is 0.491 e. The van der Waals surface area contributed by atoms with Gasteiger partial charge in [-0.05, 0) is 25.0 Å². The molecule has 1 saturated heterocycles. The zero-order valence-corrected chi connectivity index (χ0v) is 14.4. The van der Waals surface area contributed by atoms with Crippen molar-refractivity contribution in [3.63, 3.8) is 0 Å². The first-order valence-electron chi connectivity index (χ1n) is 7.71. The molecule has 1 aliphatic rings. The molecule has 1 fully saturated rings. The number of carbonyl (C=O) groups excluding carboxylic acids is 1. The van der Waals surface area contributed by atoms with E-state index in [4.69, 9.17) is 9.47 Å². The normalized spacial score (nSPS) is 18.2. The number of carbonyl (C=O) groups is 1. The molecule has 4 nitrogen and oxygen atoms in total. The smallest absolute Gasteiger partial charge is 0.234 e. The van der Waals surface area contributed by atoms with Gasteiger partial charge in [0.05, 0.1) is 11.9 Å². The molecule has 0 spiro atoms. The lowest BCUT2D eigenvalue weighted by Gasteiger charge is -2.17. The molecule has 2 rings (SSSR count). The number of amides is 1. The van der Waals surface area contributed by atoms with Gasteiger partial charge in [-0.1, -0.05) is 26.8 Å². The molecule has 0 saturated carbocycles. The Hall–Kier alpha value is -1.20. The lowest BCUT2D eigenvalue weighted by Crippen LogP contribution is -2.19. The molecular weight excluding hydrogens is 298 g/mol. The first-order valence-corrected chi connectivity index (χ1v) is 8.69. The third-order valence-corrected chi connectivity index (χ3v) is 4.49. The first-order chi connectivity index (χ1) is 10.4. The van der Waals surface area contributed by atoms with E-state index >= 15 is 0 Å². The molecule has 1 aliphatic heterocycles. The summed E-state index contributed by atoms with van der Waals surface area (Å²) in [4.78, 5) is 11.9. The number of hydrogen-bond donors (Lipinski definition) is 1. The van der Waals surface area contributed by atoms with Crippen LogP contribution in [0.1, 0.15) is 33.6 Å². The molecule has 22 heavy (non-hydrogen) atoms. The van der Waals surface area contributed by atoms with Gasteiger partial charge in [-0.2, -0.15) is 0 Å². The van der Waals surface area contributed by atoms with Crippen molar-refractivity contribution in [3.8, 4) is 5.75 Å². The molecule has 0 aromatic heterocycles. The average Bonchev–Trinajstić information content (AvgIpc) is 2.96. The van der Waals surface area contributed by atoms with Crippen LogP contribution < -0.4 is 10.1 Å². The number of thioether (sulfide) groups is 1.